The Morgan fingerprint density at radius 2 is 1.36 bits per heavy atom. The van der Waals surface area contributed by atoms with E-state index < -0.39 is 0 Å². The molecule has 1 atom stereocenters. The molecule has 0 aromatic heterocycles. The van der Waals surface area contributed by atoms with Crippen LogP contribution in [0.15, 0.2) is 70.9 Å². The molecule has 0 heterocycles. The Balaban J connectivity index is 1.64. The number of unbranched alkanes of at least 4 members (excludes halogenated alkanes) is 3. The Hall–Kier alpha value is -3.15. The van der Waals surface area contributed by atoms with Gasteiger partial charge in [0, 0.05) is 5.57 Å². The van der Waals surface area contributed by atoms with Gasteiger partial charge in [-0.15, -0.1) is 0 Å². The summed E-state index contributed by atoms with van der Waals surface area (Å²) in [7, 11) is 0. The molecule has 0 radical (unpaired) electrons. The van der Waals surface area contributed by atoms with Crippen molar-refractivity contribution in [3.05, 3.63) is 60.7 Å². The SMILES string of the molecule is C=C(C)C(=O)OCCCCCCOc1ccc(N=Nc2ccc(OCC(C)CC)cc2)cc1. The maximum Gasteiger partial charge on any atom is 0.333 e. The highest BCUT2D eigenvalue weighted by Crippen LogP contribution is 2.23. The molecule has 0 saturated carbocycles. The van der Waals surface area contributed by atoms with Crippen molar-refractivity contribution in [2.24, 2.45) is 16.1 Å². The van der Waals surface area contributed by atoms with Gasteiger partial charge < -0.3 is 14.2 Å². The van der Waals surface area contributed by atoms with Crippen LogP contribution in [0, 0.1) is 5.92 Å². The second-order valence-corrected chi connectivity index (χ2v) is 8.19. The van der Waals surface area contributed by atoms with Gasteiger partial charge in [-0.05, 0) is 87.1 Å². The highest BCUT2D eigenvalue weighted by Gasteiger charge is 2.02. The first kappa shape index (κ1) is 26.1. The molecule has 178 valence electrons. The van der Waals surface area contributed by atoms with Crippen LogP contribution in [-0.4, -0.2) is 25.8 Å². The molecule has 0 amide bonds. The van der Waals surface area contributed by atoms with Gasteiger partial charge in [0.15, 0.2) is 0 Å². The maximum absolute atomic E-state index is 11.3. The standard InChI is InChI=1S/C27H36N2O4/c1-5-22(4)20-33-26-16-12-24(13-17-26)29-28-23-10-14-25(15-11-23)31-18-8-6-7-9-19-32-27(30)21(2)3/h10-17,22H,2,5-9,18-20H2,1,3-4H3. The van der Waals surface area contributed by atoms with Gasteiger partial charge in [-0.25, -0.2) is 4.79 Å². The molecule has 0 saturated heterocycles. The van der Waals surface area contributed by atoms with E-state index in [1.54, 1.807) is 6.92 Å². The fraction of sp³-hybridized carbons (Fsp3) is 0.444. The molecule has 0 aliphatic rings. The van der Waals surface area contributed by atoms with E-state index >= 15 is 0 Å². The van der Waals surface area contributed by atoms with Crippen molar-refractivity contribution in [3.63, 3.8) is 0 Å². The number of ether oxygens (including phenoxy) is 3. The molecule has 2 aromatic rings. The lowest BCUT2D eigenvalue weighted by Crippen LogP contribution is -2.06. The van der Waals surface area contributed by atoms with Gasteiger partial charge in [0.1, 0.15) is 11.5 Å². The summed E-state index contributed by atoms with van der Waals surface area (Å²) < 4.78 is 16.6. The third-order valence-electron chi connectivity index (χ3n) is 5.07. The fourth-order valence-corrected chi connectivity index (χ4v) is 2.73. The van der Waals surface area contributed by atoms with Crippen molar-refractivity contribution < 1.29 is 19.0 Å². The summed E-state index contributed by atoms with van der Waals surface area (Å²) in [4.78, 5) is 11.3. The van der Waals surface area contributed by atoms with Crippen LogP contribution in [0.2, 0.25) is 0 Å². The van der Waals surface area contributed by atoms with E-state index in [4.69, 9.17) is 14.2 Å². The number of azo groups is 1. The predicted molar refractivity (Wildman–Crippen MR) is 132 cm³/mol. The van der Waals surface area contributed by atoms with Crippen molar-refractivity contribution in [1.29, 1.82) is 0 Å². The lowest BCUT2D eigenvalue weighted by Gasteiger charge is -2.10. The average Bonchev–Trinajstić information content (AvgIpc) is 2.83. The van der Waals surface area contributed by atoms with Gasteiger partial charge in [0.05, 0.1) is 31.2 Å². The number of carbonyl (C=O) groups is 1. The number of carbonyl (C=O) groups excluding carboxylic acids is 1. The molecule has 0 fully saturated rings. The van der Waals surface area contributed by atoms with Crippen molar-refractivity contribution in [1.82, 2.24) is 0 Å². The average molecular weight is 453 g/mol. The quantitative estimate of drug-likeness (QED) is 0.121. The largest absolute Gasteiger partial charge is 0.494 e. The summed E-state index contributed by atoms with van der Waals surface area (Å²) in [5.41, 5.74) is 1.98. The molecule has 0 bridgehead atoms. The van der Waals surface area contributed by atoms with E-state index in [0.29, 0.717) is 24.7 Å². The summed E-state index contributed by atoms with van der Waals surface area (Å²) in [6.07, 6.45) is 4.93. The van der Waals surface area contributed by atoms with Crippen molar-refractivity contribution in [2.75, 3.05) is 19.8 Å². The van der Waals surface area contributed by atoms with Gasteiger partial charge in [-0.2, -0.15) is 10.2 Å². The number of hydrogen-bond donors (Lipinski definition) is 0. The zero-order valence-electron chi connectivity index (χ0n) is 20.1. The summed E-state index contributed by atoms with van der Waals surface area (Å²) >= 11 is 0. The van der Waals surface area contributed by atoms with Crippen LogP contribution in [0.25, 0.3) is 0 Å². The van der Waals surface area contributed by atoms with Gasteiger partial charge in [0.25, 0.3) is 0 Å². The topological polar surface area (TPSA) is 69.5 Å². The Morgan fingerprint density at radius 3 is 1.88 bits per heavy atom. The summed E-state index contributed by atoms with van der Waals surface area (Å²) in [6.45, 7) is 11.4. The van der Waals surface area contributed by atoms with E-state index in [2.05, 4.69) is 30.7 Å². The van der Waals surface area contributed by atoms with Crippen LogP contribution in [-0.2, 0) is 9.53 Å². The van der Waals surface area contributed by atoms with Gasteiger partial charge >= 0.3 is 5.97 Å². The molecular weight excluding hydrogens is 416 g/mol. The maximum atomic E-state index is 11.3. The van der Waals surface area contributed by atoms with Crippen molar-refractivity contribution in [3.8, 4) is 11.5 Å². The van der Waals surface area contributed by atoms with Crippen LogP contribution in [0.1, 0.15) is 52.9 Å². The second kappa shape index (κ2) is 14.8. The van der Waals surface area contributed by atoms with Crippen LogP contribution >= 0.6 is 0 Å². The number of nitrogens with zero attached hydrogens (tertiary/aromatic N) is 2. The van der Waals surface area contributed by atoms with E-state index in [1.807, 2.05) is 48.5 Å². The zero-order chi connectivity index (χ0) is 23.9. The third kappa shape index (κ3) is 10.8. The summed E-state index contributed by atoms with van der Waals surface area (Å²) in [5.74, 6) is 1.89. The molecule has 2 aromatic carbocycles. The molecule has 0 N–H and O–H groups in total. The Morgan fingerprint density at radius 1 is 0.848 bits per heavy atom. The van der Waals surface area contributed by atoms with Crippen molar-refractivity contribution >= 4 is 17.3 Å². The van der Waals surface area contributed by atoms with E-state index in [1.165, 1.54) is 0 Å². The third-order valence-corrected chi connectivity index (χ3v) is 5.07. The smallest absolute Gasteiger partial charge is 0.333 e. The second-order valence-electron chi connectivity index (χ2n) is 8.19. The van der Waals surface area contributed by atoms with E-state index in [9.17, 15) is 4.79 Å². The molecule has 0 spiro atoms. The molecule has 6 heteroatoms. The van der Waals surface area contributed by atoms with E-state index in [0.717, 1.165) is 61.6 Å². The van der Waals surface area contributed by atoms with E-state index in [-0.39, 0.29) is 5.97 Å². The van der Waals surface area contributed by atoms with Crippen LogP contribution in [0.5, 0.6) is 11.5 Å². The first-order valence-electron chi connectivity index (χ1n) is 11.7. The van der Waals surface area contributed by atoms with Crippen LogP contribution < -0.4 is 9.47 Å². The Bertz CT molecular complexity index is 876. The lowest BCUT2D eigenvalue weighted by atomic mass is 10.1. The zero-order valence-corrected chi connectivity index (χ0v) is 20.1. The number of benzene rings is 2. The van der Waals surface area contributed by atoms with Crippen LogP contribution in [0.4, 0.5) is 11.4 Å². The minimum Gasteiger partial charge on any atom is -0.494 e. The number of rotatable bonds is 15. The number of hydrogen-bond acceptors (Lipinski definition) is 6. The summed E-state index contributed by atoms with van der Waals surface area (Å²) in [6, 6.07) is 15.2. The highest BCUT2D eigenvalue weighted by molar-refractivity contribution is 5.86. The fourth-order valence-electron chi connectivity index (χ4n) is 2.73. The molecule has 2 rings (SSSR count). The van der Waals surface area contributed by atoms with Gasteiger partial charge in [0.2, 0.25) is 0 Å². The Labute approximate surface area is 197 Å². The minimum absolute atomic E-state index is 0.318. The first-order chi connectivity index (χ1) is 16.0. The first-order valence-corrected chi connectivity index (χ1v) is 11.7. The predicted octanol–water partition coefficient (Wildman–Crippen LogP) is 7.59. The number of esters is 1. The molecule has 0 aliphatic carbocycles. The van der Waals surface area contributed by atoms with Crippen molar-refractivity contribution in [2.45, 2.75) is 52.9 Å². The van der Waals surface area contributed by atoms with Gasteiger partial charge in [-0.3, -0.25) is 0 Å². The molecule has 1 unspecified atom stereocenters. The molecule has 33 heavy (non-hydrogen) atoms. The van der Waals surface area contributed by atoms with Crippen LogP contribution in [0.3, 0.4) is 0 Å². The molecule has 6 nitrogen and oxygen atoms in total. The summed E-state index contributed by atoms with van der Waals surface area (Å²) in [5, 5.41) is 8.57. The lowest BCUT2D eigenvalue weighted by molar-refractivity contribution is -0.139. The van der Waals surface area contributed by atoms with Gasteiger partial charge in [-0.1, -0.05) is 26.8 Å². The molecule has 0 aliphatic heterocycles. The Kier molecular flexibility index (Phi) is 11.7. The minimum atomic E-state index is -0.318. The normalized spacial score (nSPS) is 11.8. The monoisotopic (exact) mass is 452 g/mol. The highest BCUT2D eigenvalue weighted by atomic mass is 16.5. The molecular formula is C27H36N2O4.